The van der Waals surface area contributed by atoms with E-state index in [1.807, 2.05) is 19.2 Å². The van der Waals surface area contributed by atoms with Gasteiger partial charge in [-0.25, -0.2) is 0 Å². The van der Waals surface area contributed by atoms with Gasteiger partial charge in [0.1, 0.15) is 5.75 Å². The van der Waals surface area contributed by atoms with E-state index in [1.165, 1.54) is 32.1 Å². The molecule has 1 fully saturated rings. The molecule has 3 N–H and O–H groups in total. The molecule has 21 heavy (non-hydrogen) atoms. The molecule has 0 saturated heterocycles. The second kappa shape index (κ2) is 7.46. The monoisotopic (exact) mass is 290 g/mol. The molecule has 4 heteroatoms. The summed E-state index contributed by atoms with van der Waals surface area (Å²) >= 11 is 0. The summed E-state index contributed by atoms with van der Waals surface area (Å²) in [5.41, 5.74) is 7.01. The van der Waals surface area contributed by atoms with Crippen molar-refractivity contribution in [3.63, 3.8) is 0 Å². The zero-order valence-electron chi connectivity index (χ0n) is 12.8. The van der Waals surface area contributed by atoms with Crippen LogP contribution >= 0.6 is 0 Å². The molecule has 0 radical (unpaired) electrons. The zero-order chi connectivity index (χ0) is 15.2. The van der Waals surface area contributed by atoms with E-state index in [9.17, 15) is 9.90 Å². The fraction of sp³-hybridized carbons (Fsp3) is 0.588. The number of nitrogens with zero attached hydrogens (tertiary/aromatic N) is 1. The number of amides is 1. The van der Waals surface area contributed by atoms with Crippen LogP contribution in [0.2, 0.25) is 0 Å². The summed E-state index contributed by atoms with van der Waals surface area (Å²) in [6.07, 6.45) is 6.86. The van der Waals surface area contributed by atoms with Crippen LogP contribution in [0.5, 0.6) is 5.75 Å². The van der Waals surface area contributed by atoms with E-state index in [2.05, 4.69) is 0 Å². The third-order valence-electron chi connectivity index (χ3n) is 4.34. The van der Waals surface area contributed by atoms with Crippen LogP contribution in [-0.4, -0.2) is 35.5 Å². The highest BCUT2D eigenvalue weighted by Crippen LogP contribution is 2.24. The number of likely N-dealkylation sites (N-methyl/N-ethyl adjacent to an activating group) is 1. The van der Waals surface area contributed by atoms with Crippen LogP contribution in [0.3, 0.4) is 0 Å². The van der Waals surface area contributed by atoms with E-state index in [-0.39, 0.29) is 11.7 Å². The van der Waals surface area contributed by atoms with Gasteiger partial charge in [0.2, 0.25) is 5.91 Å². The zero-order valence-corrected chi connectivity index (χ0v) is 12.8. The summed E-state index contributed by atoms with van der Waals surface area (Å²) in [4.78, 5) is 14.1. The van der Waals surface area contributed by atoms with Crippen molar-refractivity contribution >= 4 is 5.91 Å². The Hall–Kier alpha value is -1.55. The molecule has 0 spiro atoms. The van der Waals surface area contributed by atoms with Crippen molar-refractivity contribution in [1.29, 1.82) is 0 Å². The summed E-state index contributed by atoms with van der Waals surface area (Å²) in [5.74, 6) is 0.871. The van der Waals surface area contributed by atoms with Crippen LogP contribution in [-0.2, 0) is 11.2 Å². The molecule has 1 aromatic rings. The van der Waals surface area contributed by atoms with E-state index in [0.717, 1.165) is 12.1 Å². The summed E-state index contributed by atoms with van der Waals surface area (Å²) in [6.45, 7) is 0.822. The van der Waals surface area contributed by atoms with E-state index < -0.39 is 6.04 Å². The minimum atomic E-state index is -0.511. The van der Waals surface area contributed by atoms with Gasteiger partial charge in [0.05, 0.1) is 6.04 Å². The largest absolute Gasteiger partial charge is 0.508 e. The number of rotatable bonds is 5. The van der Waals surface area contributed by atoms with Crippen molar-refractivity contribution in [3.8, 4) is 5.75 Å². The van der Waals surface area contributed by atoms with Gasteiger partial charge in [-0.15, -0.1) is 0 Å². The van der Waals surface area contributed by atoms with Crippen molar-refractivity contribution < 1.29 is 9.90 Å². The number of hydrogen-bond acceptors (Lipinski definition) is 3. The predicted octanol–water partition coefficient (Wildman–Crippen LogP) is 2.30. The van der Waals surface area contributed by atoms with E-state index in [1.54, 1.807) is 17.0 Å². The molecular weight excluding hydrogens is 264 g/mol. The highest BCUT2D eigenvalue weighted by Gasteiger charge is 2.22. The molecule has 1 saturated carbocycles. The fourth-order valence-corrected chi connectivity index (χ4v) is 3.10. The van der Waals surface area contributed by atoms with Crippen molar-refractivity contribution in [1.82, 2.24) is 4.90 Å². The van der Waals surface area contributed by atoms with Gasteiger partial charge >= 0.3 is 0 Å². The molecule has 0 heterocycles. The first-order chi connectivity index (χ1) is 10.1. The topological polar surface area (TPSA) is 66.6 Å². The lowest BCUT2D eigenvalue weighted by Crippen LogP contribution is -2.44. The van der Waals surface area contributed by atoms with Crippen molar-refractivity contribution in [2.24, 2.45) is 11.7 Å². The normalized spacial score (nSPS) is 17.4. The Morgan fingerprint density at radius 2 is 1.90 bits per heavy atom. The average molecular weight is 290 g/mol. The second-order valence-electron chi connectivity index (χ2n) is 6.20. The van der Waals surface area contributed by atoms with Gasteiger partial charge in [0, 0.05) is 13.6 Å². The molecule has 116 valence electrons. The highest BCUT2D eigenvalue weighted by atomic mass is 16.3. The molecule has 0 bridgehead atoms. The SMILES string of the molecule is CN(CC1CCCCC1)C(=O)[C@@H](N)Cc1ccc(O)cc1. The van der Waals surface area contributed by atoms with Crippen molar-refractivity contribution in [2.75, 3.05) is 13.6 Å². The molecule has 0 unspecified atom stereocenters. The maximum atomic E-state index is 12.3. The third kappa shape index (κ3) is 4.74. The Kier molecular flexibility index (Phi) is 5.62. The molecule has 2 rings (SSSR count). The number of aromatic hydroxyl groups is 1. The maximum absolute atomic E-state index is 12.3. The molecule has 1 aliphatic rings. The highest BCUT2D eigenvalue weighted by molar-refractivity contribution is 5.81. The van der Waals surface area contributed by atoms with E-state index in [0.29, 0.717) is 12.3 Å². The van der Waals surface area contributed by atoms with Gasteiger partial charge in [-0.05, 0) is 42.9 Å². The quantitative estimate of drug-likeness (QED) is 0.874. The number of phenols is 1. The van der Waals surface area contributed by atoms with Crippen molar-refractivity contribution in [2.45, 2.75) is 44.6 Å². The fourth-order valence-electron chi connectivity index (χ4n) is 3.10. The summed E-state index contributed by atoms with van der Waals surface area (Å²) in [6, 6.07) is 6.35. The van der Waals surface area contributed by atoms with Crippen LogP contribution in [0.25, 0.3) is 0 Å². The summed E-state index contributed by atoms with van der Waals surface area (Å²) in [7, 11) is 1.85. The summed E-state index contributed by atoms with van der Waals surface area (Å²) in [5, 5.41) is 9.26. The maximum Gasteiger partial charge on any atom is 0.239 e. The first-order valence-electron chi connectivity index (χ1n) is 7.84. The number of carbonyl (C=O) groups excluding carboxylic acids is 1. The number of hydrogen-bond donors (Lipinski definition) is 2. The molecular formula is C17H26N2O2. The van der Waals surface area contributed by atoms with Gasteiger partial charge in [-0.2, -0.15) is 0 Å². The number of nitrogens with two attached hydrogens (primary N) is 1. The van der Waals surface area contributed by atoms with Crippen LogP contribution in [0.1, 0.15) is 37.7 Å². The lowest BCUT2D eigenvalue weighted by atomic mass is 9.89. The Balaban J connectivity index is 1.84. The molecule has 0 aliphatic heterocycles. The standard InChI is InChI=1S/C17H26N2O2/c1-19(12-14-5-3-2-4-6-14)17(21)16(18)11-13-7-9-15(20)10-8-13/h7-10,14,16,20H,2-6,11-12,18H2,1H3/t16-/m0/s1. The van der Waals surface area contributed by atoms with Gasteiger partial charge in [-0.3, -0.25) is 4.79 Å². The molecule has 1 aliphatic carbocycles. The lowest BCUT2D eigenvalue weighted by Gasteiger charge is -2.28. The van der Waals surface area contributed by atoms with Crippen molar-refractivity contribution in [3.05, 3.63) is 29.8 Å². The molecule has 4 nitrogen and oxygen atoms in total. The third-order valence-corrected chi connectivity index (χ3v) is 4.34. The van der Waals surface area contributed by atoms with E-state index >= 15 is 0 Å². The Morgan fingerprint density at radius 3 is 2.52 bits per heavy atom. The van der Waals surface area contributed by atoms with Crippen LogP contribution in [0.15, 0.2) is 24.3 Å². The van der Waals surface area contributed by atoms with Gasteiger partial charge in [0.25, 0.3) is 0 Å². The van der Waals surface area contributed by atoms with Gasteiger partial charge in [0.15, 0.2) is 0 Å². The Morgan fingerprint density at radius 1 is 1.29 bits per heavy atom. The van der Waals surface area contributed by atoms with Crippen LogP contribution in [0, 0.1) is 5.92 Å². The van der Waals surface area contributed by atoms with E-state index in [4.69, 9.17) is 5.73 Å². The van der Waals surface area contributed by atoms with Crippen LogP contribution < -0.4 is 5.73 Å². The number of carbonyl (C=O) groups is 1. The first-order valence-corrected chi connectivity index (χ1v) is 7.84. The predicted molar refractivity (Wildman–Crippen MR) is 84.0 cm³/mol. The smallest absolute Gasteiger partial charge is 0.239 e. The molecule has 1 amide bonds. The van der Waals surface area contributed by atoms with Gasteiger partial charge in [-0.1, -0.05) is 31.4 Å². The molecule has 0 aromatic heterocycles. The minimum absolute atomic E-state index is 0.00801. The molecule has 1 aromatic carbocycles. The Labute approximate surface area is 126 Å². The Bertz CT molecular complexity index is 452. The van der Waals surface area contributed by atoms with Crippen LogP contribution in [0.4, 0.5) is 0 Å². The second-order valence-corrected chi connectivity index (χ2v) is 6.20. The summed E-state index contributed by atoms with van der Waals surface area (Å²) < 4.78 is 0. The molecule has 1 atom stereocenters. The number of benzene rings is 1. The van der Waals surface area contributed by atoms with Gasteiger partial charge < -0.3 is 15.7 Å². The minimum Gasteiger partial charge on any atom is -0.508 e. The lowest BCUT2D eigenvalue weighted by molar-refractivity contribution is -0.132. The average Bonchev–Trinajstić information content (AvgIpc) is 2.49. The first kappa shape index (κ1) is 15.8. The number of phenolic OH excluding ortho intramolecular Hbond substituents is 1.